The first-order valence-electron chi connectivity index (χ1n) is 7.01. The summed E-state index contributed by atoms with van der Waals surface area (Å²) >= 11 is 0. The fraction of sp³-hybridized carbons (Fsp3) is 0.846. The molecule has 0 bridgehead atoms. The van der Waals surface area contributed by atoms with Crippen LogP contribution in [0.1, 0.15) is 45.4 Å². The largest absolute Gasteiger partial charge is 0.480 e. The van der Waals surface area contributed by atoms with E-state index in [1.165, 1.54) is 6.42 Å². The van der Waals surface area contributed by atoms with E-state index in [0.29, 0.717) is 6.54 Å². The number of urea groups is 1. The van der Waals surface area contributed by atoms with Crippen LogP contribution in [0.2, 0.25) is 0 Å². The number of carbonyl (C=O) groups excluding carboxylic acids is 1. The minimum Gasteiger partial charge on any atom is -0.480 e. The lowest BCUT2D eigenvalue weighted by Gasteiger charge is -2.34. The second kappa shape index (κ2) is 7.99. The van der Waals surface area contributed by atoms with Gasteiger partial charge in [-0.15, -0.1) is 0 Å². The number of aliphatic carboxylic acids is 1. The fourth-order valence-electron chi connectivity index (χ4n) is 2.58. The summed E-state index contributed by atoms with van der Waals surface area (Å²) in [5.74, 6) is -1.11. The lowest BCUT2D eigenvalue weighted by Crippen LogP contribution is -2.51. The standard InChI is InChI=1S/C13H24N2O4/c1-2-15(10-6-4-3-5-7-10)13(19)14-11(8-9-16)12(17)18/h10-11,16H,2-9H2,1H3,(H,14,19)(H,17,18). The topological polar surface area (TPSA) is 89.9 Å². The molecule has 0 heterocycles. The zero-order valence-corrected chi connectivity index (χ0v) is 11.5. The number of hydrogen-bond acceptors (Lipinski definition) is 3. The number of carboxylic acids is 1. The lowest BCUT2D eigenvalue weighted by molar-refractivity contribution is -0.139. The number of carbonyl (C=O) groups is 2. The second-order valence-corrected chi connectivity index (χ2v) is 4.93. The van der Waals surface area contributed by atoms with Crippen molar-refractivity contribution in [2.75, 3.05) is 13.2 Å². The second-order valence-electron chi connectivity index (χ2n) is 4.93. The summed E-state index contributed by atoms with van der Waals surface area (Å²) in [6.45, 7) is 2.21. The van der Waals surface area contributed by atoms with Crippen LogP contribution in [0, 0.1) is 0 Å². The molecule has 3 N–H and O–H groups in total. The van der Waals surface area contributed by atoms with Gasteiger partial charge in [0.15, 0.2) is 0 Å². The SMILES string of the molecule is CCN(C(=O)NC(CCO)C(=O)O)C1CCCCC1. The summed E-state index contributed by atoms with van der Waals surface area (Å²) in [7, 11) is 0. The van der Waals surface area contributed by atoms with Gasteiger partial charge in [0.1, 0.15) is 6.04 Å². The van der Waals surface area contributed by atoms with Crippen LogP contribution in [0.5, 0.6) is 0 Å². The van der Waals surface area contributed by atoms with Crippen molar-refractivity contribution in [1.29, 1.82) is 0 Å². The Morgan fingerprint density at radius 1 is 1.32 bits per heavy atom. The van der Waals surface area contributed by atoms with Crippen molar-refractivity contribution < 1.29 is 19.8 Å². The van der Waals surface area contributed by atoms with Crippen molar-refractivity contribution in [1.82, 2.24) is 10.2 Å². The summed E-state index contributed by atoms with van der Waals surface area (Å²) in [5, 5.41) is 20.3. The minimum atomic E-state index is -1.11. The number of nitrogens with one attached hydrogen (secondary N) is 1. The summed E-state index contributed by atoms with van der Waals surface area (Å²) < 4.78 is 0. The van der Waals surface area contributed by atoms with E-state index in [4.69, 9.17) is 10.2 Å². The highest BCUT2D eigenvalue weighted by Gasteiger charge is 2.27. The molecule has 0 aromatic carbocycles. The molecule has 0 spiro atoms. The molecular weight excluding hydrogens is 248 g/mol. The van der Waals surface area contributed by atoms with Crippen LogP contribution < -0.4 is 5.32 Å². The molecule has 0 aromatic rings. The van der Waals surface area contributed by atoms with Gasteiger partial charge in [-0.25, -0.2) is 9.59 Å². The number of hydrogen-bond donors (Lipinski definition) is 3. The number of nitrogens with zero attached hydrogens (tertiary/aromatic N) is 1. The monoisotopic (exact) mass is 272 g/mol. The third kappa shape index (κ3) is 4.70. The highest BCUT2D eigenvalue weighted by molar-refractivity contribution is 5.82. The third-order valence-electron chi connectivity index (χ3n) is 3.63. The molecule has 6 heteroatoms. The molecule has 1 atom stereocenters. The van der Waals surface area contributed by atoms with Gasteiger partial charge < -0.3 is 20.4 Å². The van der Waals surface area contributed by atoms with Gasteiger partial charge in [-0.1, -0.05) is 19.3 Å². The van der Waals surface area contributed by atoms with E-state index in [2.05, 4.69) is 5.32 Å². The summed E-state index contributed by atoms with van der Waals surface area (Å²) in [6, 6.07) is -1.15. The van der Waals surface area contributed by atoms with Crippen molar-refractivity contribution in [3.63, 3.8) is 0 Å². The highest BCUT2D eigenvalue weighted by Crippen LogP contribution is 2.22. The molecule has 0 radical (unpaired) electrons. The van der Waals surface area contributed by atoms with Crippen molar-refractivity contribution in [2.24, 2.45) is 0 Å². The van der Waals surface area contributed by atoms with E-state index < -0.39 is 12.0 Å². The van der Waals surface area contributed by atoms with Gasteiger partial charge in [-0.3, -0.25) is 0 Å². The third-order valence-corrected chi connectivity index (χ3v) is 3.63. The Morgan fingerprint density at radius 3 is 2.42 bits per heavy atom. The Balaban J connectivity index is 2.58. The molecular formula is C13H24N2O4. The van der Waals surface area contributed by atoms with Crippen LogP contribution in [0.3, 0.4) is 0 Å². The predicted molar refractivity (Wildman–Crippen MR) is 70.9 cm³/mol. The fourth-order valence-corrected chi connectivity index (χ4v) is 2.58. The predicted octanol–water partition coefficient (Wildman–Crippen LogP) is 1.19. The Morgan fingerprint density at radius 2 is 1.95 bits per heavy atom. The summed E-state index contributed by atoms with van der Waals surface area (Å²) in [6.07, 6.45) is 5.44. The maximum Gasteiger partial charge on any atom is 0.326 e. The number of rotatable bonds is 6. The van der Waals surface area contributed by atoms with Gasteiger partial charge in [0.05, 0.1) is 0 Å². The van der Waals surface area contributed by atoms with E-state index in [1.54, 1.807) is 4.90 Å². The lowest BCUT2D eigenvalue weighted by atomic mass is 9.94. The number of amides is 2. The zero-order chi connectivity index (χ0) is 14.3. The first kappa shape index (κ1) is 15.8. The smallest absolute Gasteiger partial charge is 0.326 e. The molecule has 0 aromatic heterocycles. The molecule has 1 fully saturated rings. The summed E-state index contributed by atoms with van der Waals surface area (Å²) in [4.78, 5) is 24.8. The van der Waals surface area contributed by atoms with Crippen molar-refractivity contribution >= 4 is 12.0 Å². The first-order chi connectivity index (χ1) is 9.10. The van der Waals surface area contributed by atoms with E-state index in [0.717, 1.165) is 25.7 Å². The van der Waals surface area contributed by atoms with Gasteiger partial charge >= 0.3 is 12.0 Å². The minimum absolute atomic E-state index is 0.0310. The molecule has 19 heavy (non-hydrogen) atoms. The van der Waals surface area contributed by atoms with E-state index in [-0.39, 0.29) is 25.1 Å². The van der Waals surface area contributed by atoms with Gasteiger partial charge in [-0.2, -0.15) is 0 Å². The van der Waals surface area contributed by atoms with Crippen molar-refractivity contribution in [3.8, 4) is 0 Å². The average Bonchev–Trinajstić information content (AvgIpc) is 2.40. The zero-order valence-electron chi connectivity index (χ0n) is 11.5. The quantitative estimate of drug-likeness (QED) is 0.677. The molecule has 0 aliphatic heterocycles. The first-order valence-corrected chi connectivity index (χ1v) is 7.01. The van der Waals surface area contributed by atoms with E-state index in [9.17, 15) is 9.59 Å². The molecule has 1 aliphatic carbocycles. The number of aliphatic hydroxyl groups excluding tert-OH is 1. The van der Waals surface area contributed by atoms with Crippen molar-refractivity contribution in [2.45, 2.75) is 57.5 Å². The van der Waals surface area contributed by atoms with Gasteiger partial charge in [0, 0.05) is 25.6 Å². The molecule has 1 unspecified atom stereocenters. The van der Waals surface area contributed by atoms with E-state index >= 15 is 0 Å². The van der Waals surface area contributed by atoms with Crippen LogP contribution >= 0.6 is 0 Å². The molecule has 110 valence electrons. The highest BCUT2D eigenvalue weighted by atomic mass is 16.4. The molecule has 1 saturated carbocycles. The van der Waals surface area contributed by atoms with Gasteiger partial charge in [-0.05, 0) is 19.8 Å². The molecule has 2 amide bonds. The maximum atomic E-state index is 12.1. The Bertz CT molecular complexity index is 303. The van der Waals surface area contributed by atoms with Crippen LogP contribution in [0.4, 0.5) is 4.79 Å². The van der Waals surface area contributed by atoms with Crippen molar-refractivity contribution in [3.05, 3.63) is 0 Å². The molecule has 1 rings (SSSR count). The van der Waals surface area contributed by atoms with Crippen LogP contribution in [0.15, 0.2) is 0 Å². The van der Waals surface area contributed by atoms with E-state index in [1.807, 2.05) is 6.92 Å². The molecule has 6 nitrogen and oxygen atoms in total. The van der Waals surface area contributed by atoms with Crippen LogP contribution in [0.25, 0.3) is 0 Å². The molecule has 1 aliphatic rings. The molecule has 0 saturated heterocycles. The Labute approximate surface area is 113 Å². The van der Waals surface area contributed by atoms with Gasteiger partial charge in [0.25, 0.3) is 0 Å². The number of aliphatic hydroxyl groups is 1. The Kier molecular flexibility index (Phi) is 6.62. The average molecular weight is 272 g/mol. The van der Waals surface area contributed by atoms with Gasteiger partial charge in [0.2, 0.25) is 0 Å². The maximum absolute atomic E-state index is 12.1. The Hall–Kier alpha value is -1.30. The normalized spacial score (nSPS) is 17.8. The van der Waals surface area contributed by atoms with Crippen LogP contribution in [-0.4, -0.2) is 52.3 Å². The van der Waals surface area contributed by atoms with Crippen LogP contribution in [-0.2, 0) is 4.79 Å². The summed E-state index contributed by atoms with van der Waals surface area (Å²) in [5.41, 5.74) is 0. The number of carboxylic acid groups (broad SMARTS) is 1.